The molecule has 1 aromatic carbocycles. The molecule has 1 heterocycles. The predicted molar refractivity (Wildman–Crippen MR) is 63.5 cm³/mol. The highest BCUT2D eigenvalue weighted by Crippen LogP contribution is 2.37. The van der Waals surface area contributed by atoms with Gasteiger partial charge in [-0.3, -0.25) is 0 Å². The molecule has 0 amide bonds. The van der Waals surface area contributed by atoms with Crippen LogP contribution in [0.1, 0.15) is 11.7 Å². The third-order valence-electron chi connectivity index (χ3n) is 2.74. The average molecular weight is 250 g/mol. The van der Waals surface area contributed by atoms with Crippen LogP contribution < -0.4 is 9.47 Å². The molecule has 1 aromatic rings. The molecular weight excluding hydrogens is 236 g/mol. The Morgan fingerprint density at radius 1 is 1.33 bits per heavy atom. The highest BCUT2D eigenvalue weighted by atomic mass is 16.6. The van der Waals surface area contributed by atoms with Crippen molar-refractivity contribution < 1.29 is 24.1 Å². The molecule has 18 heavy (non-hydrogen) atoms. The van der Waals surface area contributed by atoms with Crippen LogP contribution in [0.5, 0.6) is 11.5 Å². The van der Waals surface area contributed by atoms with Crippen molar-refractivity contribution in [3.8, 4) is 11.5 Å². The fourth-order valence-corrected chi connectivity index (χ4v) is 1.88. The van der Waals surface area contributed by atoms with Crippen molar-refractivity contribution in [1.82, 2.24) is 0 Å². The van der Waals surface area contributed by atoms with Crippen LogP contribution in [0, 0.1) is 0 Å². The Morgan fingerprint density at radius 3 is 2.67 bits per heavy atom. The summed E-state index contributed by atoms with van der Waals surface area (Å²) in [5.74, 6) is 0.493. The van der Waals surface area contributed by atoms with Gasteiger partial charge in [0.05, 0.1) is 14.2 Å². The third kappa shape index (κ3) is 2.17. The molecule has 0 bridgehead atoms. The fourth-order valence-electron chi connectivity index (χ4n) is 1.88. The van der Waals surface area contributed by atoms with Crippen LogP contribution in [0.15, 0.2) is 30.4 Å². The molecule has 1 aliphatic heterocycles. The summed E-state index contributed by atoms with van der Waals surface area (Å²) in [7, 11) is 3.01. The lowest BCUT2D eigenvalue weighted by molar-refractivity contribution is -0.142. The van der Waals surface area contributed by atoms with E-state index in [1.165, 1.54) is 26.4 Å². The number of ether oxygens (including phenoxy) is 3. The van der Waals surface area contributed by atoms with Gasteiger partial charge in [-0.05, 0) is 12.1 Å². The quantitative estimate of drug-likeness (QED) is 0.814. The summed E-state index contributed by atoms with van der Waals surface area (Å²) < 4.78 is 15.3. The number of hydrogen-bond acceptors (Lipinski definition) is 5. The van der Waals surface area contributed by atoms with Gasteiger partial charge in [0.25, 0.3) is 0 Å². The van der Waals surface area contributed by atoms with Gasteiger partial charge in [-0.2, -0.15) is 0 Å². The number of carbonyl (C=O) groups excluding carboxylic acids is 1. The average Bonchev–Trinajstić information content (AvgIpc) is 2.83. The van der Waals surface area contributed by atoms with Crippen LogP contribution in [0.2, 0.25) is 0 Å². The van der Waals surface area contributed by atoms with Crippen LogP contribution in [-0.2, 0) is 9.53 Å². The second-order valence-electron chi connectivity index (χ2n) is 3.79. The molecule has 1 unspecified atom stereocenters. The first-order valence-electron chi connectivity index (χ1n) is 5.45. The van der Waals surface area contributed by atoms with E-state index < -0.39 is 18.2 Å². The first-order chi connectivity index (χ1) is 8.67. The molecule has 5 heteroatoms. The zero-order valence-electron chi connectivity index (χ0n) is 10.1. The Bertz CT molecular complexity index is 480. The molecule has 1 aliphatic rings. The standard InChI is InChI=1S/C13H14O5/c1-16-10-5-3-4-8(13(10)17-2)12(15)9-6-7-11(14)18-9/h3-7,9,12,15H,1-2H3/t9?,12-/m1/s1. The van der Waals surface area contributed by atoms with Gasteiger partial charge in [-0.15, -0.1) is 0 Å². The molecular formula is C13H14O5. The van der Waals surface area contributed by atoms with Crippen molar-refractivity contribution in [3.05, 3.63) is 35.9 Å². The maximum atomic E-state index is 11.0. The van der Waals surface area contributed by atoms with Crippen molar-refractivity contribution in [2.75, 3.05) is 14.2 Å². The first-order valence-corrected chi connectivity index (χ1v) is 5.45. The van der Waals surface area contributed by atoms with E-state index in [4.69, 9.17) is 14.2 Å². The first kappa shape index (κ1) is 12.4. The zero-order chi connectivity index (χ0) is 13.1. The molecule has 0 radical (unpaired) electrons. The van der Waals surface area contributed by atoms with Crippen molar-refractivity contribution in [2.45, 2.75) is 12.2 Å². The minimum absolute atomic E-state index is 0.434. The topological polar surface area (TPSA) is 65.0 Å². The number of benzene rings is 1. The summed E-state index contributed by atoms with van der Waals surface area (Å²) in [4.78, 5) is 11.0. The van der Waals surface area contributed by atoms with Gasteiger partial charge in [-0.25, -0.2) is 4.79 Å². The van der Waals surface area contributed by atoms with E-state index in [0.717, 1.165) is 0 Å². The van der Waals surface area contributed by atoms with E-state index in [0.29, 0.717) is 17.1 Å². The normalized spacial score (nSPS) is 19.5. The van der Waals surface area contributed by atoms with Crippen molar-refractivity contribution in [1.29, 1.82) is 0 Å². The Balaban J connectivity index is 2.32. The van der Waals surface area contributed by atoms with Gasteiger partial charge >= 0.3 is 5.97 Å². The molecule has 2 rings (SSSR count). The van der Waals surface area contributed by atoms with Crippen molar-refractivity contribution in [2.24, 2.45) is 0 Å². The third-order valence-corrected chi connectivity index (χ3v) is 2.74. The number of para-hydroxylation sites is 1. The lowest BCUT2D eigenvalue weighted by Gasteiger charge is -2.20. The molecule has 0 aromatic heterocycles. The molecule has 2 atom stereocenters. The molecule has 5 nitrogen and oxygen atoms in total. The van der Waals surface area contributed by atoms with Crippen molar-refractivity contribution >= 4 is 5.97 Å². The fraction of sp³-hybridized carbons (Fsp3) is 0.308. The second kappa shape index (κ2) is 5.10. The largest absolute Gasteiger partial charge is 0.493 e. The van der Waals surface area contributed by atoms with E-state index in [9.17, 15) is 9.90 Å². The van der Waals surface area contributed by atoms with E-state index >= 15 is 0 Å². The number of aliphatic hydroxyl groups is 1. The SMILES string of the molecule is COc1cccc([C@@H](O)C2C=CC(=O)O2)c1OC. The van der Waals surface area contributed by atoms with Gasteiger partial charge in [0.2, 0.25) is 0 Å². The summed E-state index contributed by atoms with van der Waals surface area (Å²) in [5, 5.41) is 10.2. The Labute approximate surface area is 105 Å². The maximum Gasteiger partial charge on any atom is 0.331 e. The predicted octanol–water partition coefficient (Wildman–Crippen LogP) is 1.22. The van der Waals surface area contributed by atoms with E-state index in [2.05, 4.69) is 0 Å². The van der Waals surface area contributed by atoms with Gasteiger partial charge < -0.3 is 19.3 Å². The van der Waals surface area contributed by atoms with Gasteiger partial charge in [0, 0.05) is 11.6 Å². The van der Waals surface area contributed by atoms with Crippen molar-refractivity contribution in [3.63, 3.8) is 0 Å². The second-order valence-corrected chi connectivity index (χ2v) is 3.79. The van der Waals surface area contributed by atoms with Gasteiger partial charge in [-0.1, -0.05) is 12.1 Å². The number of carbonyl (C=O) groups is 1. The summed E-state index contributed by atoms with van der Waals surface area (Å²) >= 11 is 0. The highest BCUT2D eigenvalue weighted by molar-refractivity contribution is 5.84. The summed E-state index contributed by atoms with van der Waals surface area (Å²) in [5.41, 5.74) is 0.515. The van der Waals surface area contributed by atoms with E-state index in [1.807, 2.05) is 0 Å². The summed E-state index contributed by atoms with van der Waals surface area (Å²) in [6, 6.07) is 5.16. The van der Waals surface area contributed by atoms with Gasteiger partial charge in [0.15, 0.2) is 17.6 Å². The minimum Gasteiger partial charge on any atom is -0.493 e. The lowest BCUT2D eigenvalue weighted by atomic mass is 10.0. The molecule has 96 valence electrons. The molecule has 1 N–H and O–H groups in total. The van der Waals surface area contributed by atoms with Crippen LogP contribution in [-0.4, -0.2) is 31.4 Å². The van der Waals surface area contributed by atoms with Crippen LogP contribution in [0.3, 0.4) is 0 Å². The Morgan fingerprint density at radius 2 is 2.11 bits per heavy atom. The molecule has 0 saturated heterocycles. The Hall–Kier alpha value is -2.01. The van der Waals surface area contributed by atoms with Crippen LogP contribution in [0.25, 0.3) is 0 Å². The number of hydrogen-bond donors (Lipinski definition) is 1. The van der Waals surface area contributed by atoms with E-state index in [1.54, 1.807) is 18.2 Å². The summed E-state index contributed by atoms with van der Waals surface area (Å²) in [6.07, 6.45) is 1.13. The summed E-state index contributed by atoms with van der Waals surface area (Å²) in [6.45, 7) is 0. The van der Waals surface area contributed by atoms with Crippen LogP contribution >= 0.6 is 0 Å². The molecule has 0 saturated carbocycles. The number of cyclic esters (lactones) is 1. The minimum atomic E-state index is -0.988. The monoisotopic (exact) mass is 250 g/mol. The number of esters is 1. The smallest absolute Gasteiger partial charge is 0.331 e. The Kier molecular flexibility index (Phi) is 3.53. The number of rotatable bonds is 4. The molecule has 0 aliphatic carbocycles. The number of methoxy groups -OCH3 is 2. The van der Waals surface area contributed by atoms with Crippen LogP contribution in [0.4, 0.5) is 0 Å². The molecule has 0 fully saturated rings. The van der Waals surface area contributed by atoms with Gasteiger partial charge in [0.1, 0.15) is 6.10 Å². The highest BCUT2D eigenvalue weighted by Gasteiger charge is 2.29. The zero-order valence-corrected chi connectivity index (χ0v) is 10.1. The number of aliphatic hydroxyl groups excluding tert-OH is 1. The lowest BCUT2D eigenvalue weighted by Crippen LogP contribution is -2.19. The maximum absolute atomic E-state index is 11.0. The van der Waals surface area contributed by atoms with E-state index in [-0.39, 0.29) is 0 Å². The molecule has 0 spiro atoms.